The fourth-order valence-corrected chi connectivity index (χ4v) is 5.99. The largest absolute Gasteiger partial charge is 0.472 e. The van der Waals surface area contributed by atoms with E-state index in [2.05, 4.69) is 20.8 Å². The molecule has 4 rings (SSSR count). The topological polar surface area (TPSA) is 66.1 Å². The lowest BCUT2D eigenvalue weighted by atomic mass is 9.43. The highest BCUT2D eigenvalue weighted by molar-refractivity contribution is 5.21. The molecular weight excluding hydrogens is 304 g/mol. The summed E-state index contributed by atoms with van der Waals surface area (Å²) in [5.74, 6) is 0.960. The molecule has 0 amide bonds. The predicted molar refractivity (Wildman–Crippen MR) is 90.4 cm³/mol. The number of fused-ring (bicyclic) bond motifs is 2. The van der Waals surface area contributed by atoms with Crippen molar-refractivity contribution in [2.24, 2.45) is 22.7 Å². The fraction of sp³-hybridized carbons (Fsp3) is 0.800. The SMILES string of the molecule is C[C@H]1CC[C@@]2(C)[C@H](C[C@@H](O)[C@H](O)[C@@]23CO3)[C@@]1(C)CCc1ccoc1. The normalized spacial score (nSPS) is 50.7. The van der Waals surface area contributed by atoms with Crippen LogP contribution in [0.15, 0.2) is 23.0 Å². The summed E-state index contributed by atoms with van der Waals surface area (Å²) in [5.41, 5.74) is 0.796. The average Bonchev–Trinajstić information content (AvgIpc) is 3.21. The van der Waals surface area contributed by atoms with E-state index in [-0.39, 0.29) is 10.8 Å². The molecule has 1 aromatic heterocycles. The Labute approximate surface area is 144 Å². The Kier molecular flexibility index (Phi) is 3.69. The van der Waals surface area contributed by atoms with Crippen LogP contribution >= 0.6 is 0 Å². The summed E-state index contributed by atoms with van der Waals surface area (Å²) in [7, 11) is 0. The Morgan fingerprint density at radius 2 is 2.04 bits per heavy atom. The van der Waals surface area contributed by atoms with Gasteiger partial charge in [-0.2, -0.15) is 0 Å². The molecule has 0 aromatic carbocycles. The second-order valence-electron chi connectivity index (χ2n) is 8.97. The molecular formula is C20H30O4. The number of epoxide rings is 1. The van der Waals surface area contributed by atoms with E-state index in [1.54, 1.807) is 6.26 Å². The maximum Gasteiger partial charge on any atom is 0.125 e. The van der Waals surface area contributed by atoms with Gasteiger partial charge < -0.3 is 19.4 Å². The van der Waals surface area contributed by atoms with Gasteiger partial charge in [0.25, 0.3) is 0 Å². The Bertz CT molecular complexity index is 593. The van der Waals surface area contributed by atoms with Crippen LogP contribution in [0, 0.1) is 22.7 Å². The van der Waals surface area contributed by atoms with E-state index in [4.69, 9.17) is 9.15 Å². The van der Waals surface area contributed by atoms with Gasteiger partial charge in [-0.3, -0.25) is 0 Å². The van der Waals surface area contributed by atoms with Crippen LogP contribution in [-0.2, 0) is 11.2 Å². The van der Waals surface area contributed by atoms with E-state index in [0.29, 0.717) is 24.9 Å². The highest BCUT2D eigenvalue weighted by atomic mass is 16.6. The molecule has 0 bridgehead atoms. The summed E-state index contributed by atoms with van der Waals surface area (Å²) < 4.78 is 11.1. The van der Waals surface area contributed by atoms with Crippen molar-refractivity contribution in [1.82, 2.24) is 0 Å². The number of hydrogen-bond acceptors (Lipinski definition) is 4. The molecule has 1 aromatic rings. The molecule has 3 aliphatic rings. The van der Waals surface area contributed by atoms with Crippen LogP contribution in [0.2, 0.25) is 0 Å². The Morgan fingerprint density at radius 1 is 1.29 bits per heavy atom. The number of aryl methyl sites for hydroxylation is 1. The first-order valence-electron chi connectivity index (χ1n) is 9.35. The number of ether oxygens (including phenoxy) is 1. The predicted octanol–water partition coefficient (Wildman–Crippen LogP) is 3.17. The summed E-state index contributed by atoms with van der Waals surface area (Å²) in [4.78, 5) is 0. The number of furan rings is 1. The second-order valence-corrected chi connectivity index (χ2v) is 8.97. The van der Waals surface area contributed by atoms with Crippen LogP contribution in [0.3, 0.4) is 0 Å². The highest BCUT2D eigenvalue weighted by Crippen LogP contribution is 2.68. The molecule has 7 atom stereocenters. The van der Waals surface area contributed by atoms with Crippen molar-refractivity contribution in [3.8, 4) is 0 Å². The molecule has 1 saturated heterocycles. The zero-order chi connectivity index (χ0) is 17.2. The third-order valence-electron chi connectivity index (χ3n) is 8.06. The first-order valence-corrected chi connectivity index (χ1v) is 9.35. The first kappa shape index (κ1) is 16.6. The van der Waals surface area contributed by atoms with Crippen molar-refractivity contribution in [2.75, 3.05) is 6.61 Å². The van der Waals surface area contributed by atoms with E-state index in [0.717, 1.165) is 25.7 Å². The molecule has 0 radical (unpaired) electrons. The van der Waals surface area contributed by atoms with Crippen LogP contribution in [0.4, 0.5) is 0 Å². The zero-order valence-corrected chi connectivity index (χ0v) is 15.0. The Balaban J connectivity index is 1.65. The molecule has 2 heterocycles. The van der Waals surface area contributed by atoms with Crippen LogP contribution in [0.1, 0.15) is 52.0 Å². The molecule has 4 nitrogen and oxygen atoms in total. The molecule has 3 fully saturated rings. The monoisotopic (exact) mass is 334 g/mol. The Hall–Kier alpha value is -0.840. The standard InChI is InChI=1S/C20H30O4/c1-13-4-8-19(3)16(10-15(21)17(22)20(19)12-24-20)18(13,2)7-5-14-6-9-23-11-14/h6,9,11,13,15-17,21-22H,4-5,7-8,10,12H2,1-3H3/t13-,15+,16+,17-,18-,19-,20-/m0/s1. The lowest BCUT2D eigenvalue weighted by Gasteiger charge is -2.61. The van der Waals surface area contributed by atoms with Crippen molar-refractivity contribution in [1.29, 1.82) is 0 Å². The van der Waals surface area contributed by atoms with Gasteiger partial charge in [-0.15, -0.1) is 0 Å². The van der Waals surface area contributed by atoms with Crippen molar-refractivity contribution in [3.63, 3.8) is 0 Å². The van der Waals surface area contributed by atoms with Gasteiger partial charge in [0, 0.05) is 5.41 Å². The highest BCUT2D eigenvalue weighted by Gasteiger charge is 2.73. The van der Waals surface area contributed by atoms with Crippen molar-refractivity contribution in [3.05, 3.63) is 24.2 Å². The smallest absolute Gasteiger partial charge is 0.125 e. The Morgan fingerprint density at radius 3 is 2.67 bits per heavy atom. The van der Waals surface area contributed by atoms with Crippen LogP contribution in [-0.4, -0.2) is 34.6 Å². The lowest BCUT2D eigenvalue weighted by molar-refractivity contribution is -0.197. The molecule has 2 saturated carbocycles. The van der Waals surface area contributed by atoms with Gasteiger partial charge in [0.1, 0.15) is 11.7 Å². The van der Waals surface area contributed by atoms with E-state index in [9.17, 15) is 10.2 Å². The van der Waals surface area contributed by atoms with Crippen molar-refractivity contribution in [2.45, 2.75) is 70.7 Å². The number of hydrogen-bond donors (Lipinski definition) is 2. The van der Waals surface area contributed by atoms with Crippen LogP contribution < -0.4 is 0 Å². The molecule has 24 heavy (non-hydrogen) atoms. The summed E-state index contributed by atoms with van der Waals surface area (Å²) in [5, 5.41) is 21.1. The van der Waals surface area contributed by atoms with E-state index < -0.39 is 17.8 Å². The van der Waals surface area contributed by atoms with Crippen molar-refractivity contribution < 1.29 is 19.4 Å². The van der Waals surface area contributed by atoms with E-state index in [1.165, 1.54) is 5.56 Å². The third-order valence-corrected chi connectivity index (χ3v) is 8.06. The van der Waals surface area contributed by atoms with Crippen molar-refractivity contribution >= 4 is 0 Å². The first-order chi connectivity index (χ1) is 11.3. The van der Waals surface area contributed by atoms with Crippen LogP contribution in [0.25, 0.3) is 0 Å². The minimum absolute atomic E-state index is 0.0523. The summed E-state index contributed by atoms with van der Waals surface area (Å²) in [6.07, 6.45) is 7.13. The van der Waals surface area contributed by atoms with E-state index in [1.807, 2.05) is 12.3 Å². The summed E-state index contributed by atoms with van der Waals surface area (Å²) in [6, 6.07) is 2.04. The fourth-order valence-electron chi connectivity index (χ4n) is 5.99. The molecule has 134 valence electrons. The minimum atomic E-state index is -0.745. The third kappa shape index (κ3) is 2.09. The summed E-state index contributed by atoms with van der Waals surface area (Å²) in [6.45, 7) is 7.62. The van der Waals surface area contributed by atoms with Gasteiger partial charge in [-0.1, -0.05) is 20.8 Å². The second kappa shape index (κ2) is 5.33. The minimum Gasteiger partial charge on any atom is -0.472 e. The molecule has 1 spiro atoms. The molecule has 1 aliphatic heterocycles. The maximum atomic E-state index is 10.6. The van der Waals surface area contributed by atoms with Gasteiger partial charge >= 0.3 is 0 Å². The molecule has 0 unspecified atom stereocenters. The van der Waals surface area contributed by atoms with Gasteiger partial charge in [-0.25, -0.2) is 0 Å². The number of aliphatic hydroxyl groups excluding tert-OH is 2. The summed E-state index contributed by atoms with van der Waals surface area (Å²) >= 11 is 0. The van der Waals surface area contributed by atoms with Gasteiger partial charge in [0.05, 0.1) is 25.2 Å². The van der Waals surface area contributed by atoms with Gasteiger partial charge in [-0.05, 0) is 61.0 Å². The zero-order valence-electron chi connectivity index (χ0n) is 15.0. The number of rotatable bonds is 3. The molecule has 4 heteroatoms. The van der Waals surface area contributed by atoms with Crippen LogP contribution in [0.5, 0.6) is 0 Å². The quantitative estimate of drug-likeness (QED) is 0.833. The van der Waals surface area contributed by atoms with Gasteiger partial charge in [0.2, 0.25) is 0 Å². The maximum absolute atomic E-state index is 10.6. The number of aliphatic hydroxyl groups is 2. The molecule has 2 N–H and O–H groups in total. The molecule has 2 aliphatic carbocycles. The van der Waals surface area contributed by atoms with Gasteiger partial charge in [0.15, 0.2) is 0 Å². The van der Waals surface area contributed by atoms with E-state index >= 15 is 0 Å². The lowest BCUT2D eigenvalue weighted by Crippen LogP contribution is -2.65. The average molecular weight is 334 g/mol.